The van der Waals surface area contributed by atoms with Gasteiger partial charge in [0.1, 0.15) is 12.1 Å². The lowest BCUT2D eigenvalue weighted by Gasteiger charge is -2.14. The molecule has 0 bridgehead atoms. The second-order valence-electron chi connectivity index (χ2n) is 4.65. The maximum absolute atomic E-state index is 5.07. The minimum absolute atomic E-state index is 0.273. The van der Waals surface area contributed by atoms with Crippen molar-refractivity contribution in [2.75, 3.05) is 23.3 Å². The van der Waals surface area contributed by atoms with Crippen LogP contribution in [-0.4, -0.2) is 49.4 Å². The van der Waals surface area contributed by atoms with Gasteiger partial charge in [-0.05, 0) is 6.42 Å². The topological polar surface area (TPSA) is 109 Å². The van der Waals surface area contributed by atoms with Crippen LogP contribution in [0.1, 0.15) is 6.42 Å². The van der Waals surface area contributed by atoms with Gasteiger partial charge in [-0.1, -0.05) is 5.16 Å². The first-order valence-electron chi connectivity index (χ1n) is 6.32. The van der Waals surface area contributed by atoms with Gasteiger partial charge in [0.15, 0.2) is 12.0 Å². The first kappa shape index (κ1) is 11.1. The van der Waals surface area contributed by atoms with E-state index in [-0.39, 0.29) is 6.04 Å². The van der Waals surface area contributed by atoms with Gasteiger partial charge in [0.2, 0.25) is 0 Å². The lowest BCUT2D eigenvalue weighted by Crippen LogP contribution is -2.26. The average Bonchev–Trinajstić information content (AvgIpc) is 3.20. The molecule has 0 radical (unpaired) electrons. The van der Waals surface area contributed by atoms with E-state index >= 15 is 0 Å². The highest BCUT2D eigenvalue weighted by Gasteiger charge is 2.26. The molecule has 1 unspecified atom stereocenters. The first-order valence-corrected chi connectivity index (χ1v) is 6.32. The zero-order valence-electron chi connectivity index (χ0n) is 10.5. The Morgan fingerprint density at radius 1 is 1.30 bits per heavy atom. The summed E-state index contributed by atoms with van der Waals surface area (Å²) in [5.74, 6) is 0.793. The van der Waals surface area contributed by atoms with Crippen LogP contribution in [-0.2, 0) is 0 Å². The number of hydrogen-bond donors (Lipinski definition) is 2. The molecular weight excluding hydrogens is 260 g/mol. The molecule has 9 nitrogen and oxygen atoms in total. The predicted octanol–water partition coefficient (Wildman–Crippen LogP) is 0.427. The molecule has 4 rings (SSSR count). The summed E-state index contributed by atoms with van der Waals surface area (Å²) < 4.78 is 5.07. The zero-order valence-corrected chi connectivity index (χ0v) is 10.5. The molecule has 0 spiro atoms. The molecule has 1 aliphatic heterocycles. The number of anilines is 2. The normalized spacial score (nSPS) is 18.8. The molecule has 1 aliphatic rings. The molecule has 1 atom stereocenters. The summed E-state index contributed by atoms with van der Waals surface area (Å²) in [4.78, 5) is 14.5. The highest BCUT2D eigenvalue weighted by molar-refractivity contribution is 5.85. The smallest absolute Gasteiger partial charge is 0.323 e. The third kappa shape index (κ3) is 1.83. The van der Waals surface area contributed by atoms with Crippen LogP contribution in [0.2, 0.25) is 0 Å². The number of hydrogen-bond acceptors (Lipinski definition) is 8. The monoisotopic (exact) mass is 272 g/mol. The van der Waals surface area contributed by atoms with Crippen molar-refractivity contribution in [3.63, 3.8) is 0 Å². The first-order chi connectivity index (χ1) is 9.90. The molecule has 2 N–H and O–H groups in total. The second kappa shape index (κ2) is 4.44. The van der Waals surface area contributed by atoms with E-state index in [1.54, 1.807) is 6.20 Å². The van der Waals surface area contributed by atoms with Crippen molar-refractivity contribution in [3.05, 3.63) is 18.9 Å². The summed E-state index contributed by atoms with van der Waals surface area (Å²) in [6.07, 6.45) is 5.64. The van der Waals surface area contributed by atoms with Gasteiger partial charge in [0.25, 0.3) is 0 Å². The van der Waals surface area contributed by atoms with Crippen molar-refractivity contribution in [1.82, 2.24) is 30.3 Å². The number of aromatic nitrogens is 6. The van der Waals surface area contributed by atoms with E-state index < -0.39 is 0 Å². The predicted molar refractivity (Wildman–Crippen MR) is 70.2 cm³/mol. The van der Waals surface area contributed by atoms with Gasteiger partial charge in [-0.3, -0.25) is 5.10 Å². The fraction of sp³-hybridized carbons (Fsp3) is 0.364. The van der Waals surface area contributed by atoms with Gasteiger partial charge in [-0.2, -0.15) is 10.1 Å². The van der Waals surface area contributed by atoms with Crippen molar-refractivity contribution in [1.29, 1.82) is 0 Å². The Hall–Kier alpha value is -2.71. The fourth-order valence-electron chi connectivity index (χ4n) is 2.43. The van der Waals surface area contributed by atoms with Crippen molar-refractivity contribution in [2.24, 2.45) is 0 Å². The van der Waals surface area contributed by atoms with E-state index in [1.165, 1.54) is 12.7 Å². The van der Waals surface area contributed by atoms with Crippen molar-refractivity contribution in [2.45, 2.75) is 12.5 Å². The standard InChI is InChI=1S/C11H12N8O/c1-2-19(11-14-6-16-20-11)4-7(1)17-9-8-3-15-18-10(8)13-5-12-9/h3,5-7H,1-2,4H2,(H2,12,13,15,17,18). The Balaban J connectivity index is 1.51. The molecule has 1 fully saturated rings. The summed E-state index contributed by atoms with van der Waals surface area (Å²) in [5, 5.41) is 14.8. The minimum atomic E-state index is 0.273. The van der Waals surface area contributed by atoms with Crippen molar-refractivity contribution >= 4 is 22.9 Å². The molecule has 0 aliphatic carbocycles. The lowest BCUT2D eigenvalue weighted by molar-refractivity contribution is 0.417. The van der Waals surface area contributed by atoms with Gasteiger partial charge in [0.05, 0.1) is 11.6 Å². The maximum Gasteiger partial charge on any atom is 0.323 e. The Morgan fingerprint density at radius 3 is 3.20 bits per heavy atom. The Morgan fingerprint density at radius 2 is 2.30 bits per heavy atom. The minimum Gasteiger partial charge on any atom is -0.365 e. The Kier molecular flexibility index (Phi) is 2.47. The number of H-pyrrole nitrogens is 1. The summed E-state index contributed by atoms with van der Waals surface area (Å²) in [7, 11) is 0. The average molecular weight is 272 g/mol. The van der Waals surface area contributed by atoms with Gasteiger partial charge in [0, 0.05) is 19.1 Å². The van der Waals surface area contributed by atoms with Gasteiger partial charge >= 0.3 is 6.01 Å². The zero-order chi connectivity index (χ0) is 13.4. The van der Waals surface area contributed by atoms with Crippen LogP contribution in [0.5, 0.6) is 0 Å². The third-order valence-corrected chi connectivity index (χ3v) is 3.40. The molecule has 0 amide bonds. The molecule has 0 aromatic carbocycles. The van der Waals surface area contributed by atoms with Crippen molar-refractivity contribution in [3.8, 4) is 0 Å². The third-order valence-electron chi connectivity index (χ3n) is 3.40. The van der Waals surface area contributed by atoms with Crippen LogP contribution < -0.4 is 10.2 Å². The summed E-state index contributed by atoms with van der Waals surface area (Å²) in [6.45, 7) is 1.67. The van der Waals surface area contributed by atoms with Crippen LogP contribution in [0.25, 0.3) is 11.0 Å². The number of rotatable bonds is 3. The molecule has 3 aromatic rings. The summed E-state index contributed by atoms with van der Waals surface area (Å²) in [6, 6.07) is 0.834. The number of nitrogens with one attached hydrogen (secondary N) is 2. The Labute approximate surface area is 113 Å². The number of nitrogens with zero attached hydrogens (tertiary/aromatic N) is 6. The molecule has 3 aromatic heterocycles. The fourth-order valence-corrected chi connectivity index (χ4v) is 2.43. The van der Waals surface area contributed by atoms with Crippen LogP contribution in [0.3, 0.4) is 0 Å². The molecule has 1 saturated heterocycles. The molecule has 4 heterocycles. The largest absolute Gasteiger partial charge is 0.365 e. The van der Waals surface area contributed by atoms with Crippen LogP contribution in [0, 0.1) is 0 Å². The van der Waals surface area contributed by atoms with E-state index in [9.17, 15) is 0 Å². The van der Waals surface area contributed by atoms with Crippen LogP contribution in [0.4, 0.5) is 11.8 Å². The van der Waals surface area contributed by atoms with Crippen LogP contribution >= 0.6 is 0 Å². The summed E-state index contributed by atoms with van der Waals surface area (Å²) >= 11 is 0. The van der Waals surface area contributed by atoms with Gasteiger partial charge in [-0.25, -0.2) is 9.97 Å². The molecule has 9 heteroatoms. The molecule has 0 saturated carbocycles. The van der Waals surface area contributed by atoms with Gasteiger partial charge in [-0.15, -0.1) is 0 Å². The number of aromatic amines is 1. The maximum atomic E-state index is 5.07. The Bertz CT molecular complexity index is 708. The van der Waals surface area contributed by atoms with Crippen molar-refractivity contribution < 1.29 is 4.52 Å². The highest BCUT2D eigenvalue weighted by Crippen LogP contribution is 2.22. The highest BCUT2D eigenvalue weighted by atomic mass is 16.5. The second-order valence-corrected chi connectivity index (χ2v) is 4.65. The molecular formula is C11H12N8O. The van der Waals surface area contributed by atoms with Gasteiger partial charge < -0.3 is 14.7 Å². The molecule has 20 heavy (non-hydrogen) atoms. The quantitative estimate of drug-likeness (QED) is 0.706. The summed E-state index contributed by atoms with van der Waals surface area (Å²) in [5.41, 5.74) is 0.731. The van der Waals surface area contributed by atoms with Crippen LogP contribution in [0.15, 0.2) is 23.4 Å². The van der Waals surface area contributed by atoms with E-state index in [2.05, 4.69) is 40.5 Å². The van der Waals surface area contributed by atoms with E-state index in [0.717, 1.165) is 36.4 Å². The van der Waals surface area contributed by atoms with E-state index in [0.29, 0.717) is 6.01 Å². The number of fused-ring (bicyclic) bond motifs is 1. The van der Waals surface area contributed by atoms with E-state index in [1.807, 2.05) is 0 Å². The molecule has 102 valence electrons. The van der Waals surface area contributed by atoms with E-state index in [4.69, 9.17) is 4.52 Å². The lowest BCUT2D eigenvalue weighted by atomic mass is 10.2. The SMILES string of the molecule is c1noc(N2CCC(Nc3ncnc4[nH]ncc34)C2)n1.